The van der Waals surface area contributed by atoms with Crippen LogP contribution >= 0.6 is 15.9 Å². The van der Waals surface area contributed by atoms with E-state index in [1.807, 2.05) is 0 Å². The van der Waals surface area contributed by atoms with Gasteiger partial charge < -0.3 is 4.74 Å². The summed E-state index contributed by atoms with van der Waals surface area (Å²) in [5.74, 6) is -0.322. The molecule has 0 aliphatic rings. The first kappa shape index (κ1) is 13.6. The Kier molecular flexibility index (Phi) is 4.18. The van der Waals surface area contributed by atoms with Crippen LogP contribution < -0.4 is 4.74 Å². The Morgan fingerprint density at radius 1 is 1.47 bits per heavy atom. The third-order valence-electron chi connectivity index (χ3n) is 1.80. The van der Waals surface area contributed by atoms with Crippen molar-refractivity contribution >= 4 is 15.9 Å². The number of ether oxygens (including phenoxy) is 1. The molecule has 17 heavy (non-hydrogen) atoms. The molecule has 1 rings (SSSR count). The molecular formula is C11H7BrF3NO. The highest BCUT2D eigenvalue weighted by Crippen LogP contribution is 2.36. The molecule has 2 nitrogen and oxygen atoms in total. The second kappa shape index (κ2) is 5.23. The second-order valence-electron chi connectivity index (χ2n) is 3.13. The molecule has 0 aromatic heterocycles. The van der Waals surface area contributed by atoms with Crippen molar-refractivity contribution in [2.45, 2.75) is 6.18 Å². The number of hydrogen-bond acceptors (Lipinski definition) is 2. The first-order valence-electron chi connectivity index (χ1n) is 4.42. The maximum atomic E-state index is 12.7. The van der Waals surface area contributed by atoms with Crippen molar-refractivity contribution in [3.05, 3.63) is 40.4 Å². The number of rotatable bonds is 3. The number of hydrogen-bond donors (Lipinski definition) is 0. The number of nitrogens with zero attached hydrogens (tertiary/aromatic N) is 1. The third kappa shape index (κ3) is 3.79. The smallest absolute Gasteiger partial charge is 0.420 e. The van der Waals surface area contributed by atoms with Gasteiger partial charge in [0.2, 0.25) is 0 Å². The molecule has 0 N–H and O–H groups in total. The van der Waals surface area contributed by atoms with Crippen LogP contribution in [-0.2, 0) is 6.18 Å². The van der Waals surface area contributed by atoms with Crippen LogP contribution in [0.4, 0.5) is 13.2 Å². The van der Waals surface area contributed by atoms with E-state index in [-0.39, 0.29) is 17.9 Å². The Morgan fingerprint density at radius 3 is 2.59 bits per heavy atom. The quantitative estimate of drug-likeness (QED) is 0.849. The summed E-state index contributed by atoms with van der Waals surface area (Å²) in [5, 5.41) is 8.56. The number of alkyl halides is 3. The molecule has 1 aromatic carbocycles. The molecule has 90 valence electrons. The molecule has 0 heterocycles. The fourth-order valence-corrected chi connectivity index (χ4v) is 1.22. The van der Waals surface area contributed by atoms with E-state index in [0.29, 0.717) is 4.48 Å². The molecule has 0 saturated heterocycles. The van der Waals surface area contributed by atoms with Crippen molar-refractivity contribution in [1.29, 1.82) is 5.26 Å². The summed E-state index contributed by atoms with van der Waals surface area (Å²) in [5.41, 5.74) is -1.03. The molecule has 0 radical (unpaired) electrons. The lowest BCUT2D eigenvalue weighted by Gasteiger charge is -2.13. The predicted octanol–water partition coefficient (Wildman–Crippen LogP) is 3.86. The average molecular weight is 306 g/mol. The van der Waals surface area contributed by atoms with Gasteiger partial charge in [-0.3, -0.25) is 0 Å². The van der Waals surface area contributed by atoms with Gasteiger partial charge in [-0.1, -0.05) is 22.5 Å². The van der Waals surface area contributed by atoms with Crippen LogP contribution in [-0.4, -0.2) is 6.61 Å². The summed E-state index contributed by atoms with van der Waals surface area (Å²) >= 11 is 2.98. The van der Waals surface area contributed by atoms with Gasteiger partial charge in [0.05, 0.1) is 17.2 Å². The van der Waals surface area contributed by atoms with E-state index in [4.69, 9.17) is 10.00 Å². The van der Waals surface area contributed by atoms with Crippen LogP contribution in [0.1, 0.15) is 11.1 Å². The van der Waals surface area contributed by atoms with E-state index in [2.05, 4.69) is 22.5 Å². The Bertz CT molecular complexity index is 477. The van der Waals surface area contributed by atoms with Gasteiger partial charge in [-0.25, -0.2) is 0 Å². The van der Waals surface area contributed by atoms with Crippen LogP contribution in [0.5, 0.6) is 5.75 Å². The van der Waals surface area contributed by atoms with Gasteiger partial charge in [-0.05, 0) is 18.2 Å². The summed E-state index contributed by atoms with van der Waals surface area (Å²) in [4.78, 5) is 0. The van der Waals surface area contributed by atoms with Gasteiger partial charge in [-0.2, -0.15) is 18.4 Å². The molecule has 0 fully saturated rings. The summed E-state index contributed by atoms with van der Waals surface area (Å²) in [6.45, 7) is 3.38. The number of benzene rings is 1. The molecule has 0 aliphatic heterocycles. The fourth-order valence-electron chi connectivity index (χ4n) is 1.10. The molecule has 0 spiro atoms. The van der Waals surface area contributed by atoms with Crippen molar-refractivity contribution in [2.75, 3.05) is 6.61 Å². The number of nitriles is 1. The topological polar surface area (TPSA) is 33.0 Å². The fraction of sp³-hybridized carbons (Fsp3) is 0.182. The summed E-state index contributed by atoms with van der Waals surface area (Å²) in [7, 11) is 0. The van der Waals surface area contributed by atoms with Crippen molar-refractivity contribution in [2.24, 2.45) is 0 Å². The Morgan fingerprint density at radius 2 is 2.12 bits per heavy atom. The maximum absolute atomic E-state index is 12.7. The standard InChI is InChI=1S/C11H7BrF3NO/c1-7(12)6-17-10-3-2-8(5-16)4-9(10)11(13,14)15/h2-4H,1,6H2. The van der Waals surface area contributed by atoms with Gasteiger partial charge in [0.25, 0.3) is 0 Å². The van der Waals surface area contributed by atoms with Gasteiger partial charge >= 0.3 is 6.18 Å². The molecule has 0 atom stereocenters. The van der Waals surface area contributed by atoms with Crippen molar-refractivity contribution in [3.8, 4) is 11.8 Å². The molecule has 0 saturated carbocycles. The van der Waals surface area contributed by atoms with Crippen LogP contribution in [0.2, 0.25) is 0 Å². The van der Waals surface area contributed by atoms with Crippen LogP contribution in [0.15, 0.2) is 29.3 Å². The molecule has 0 bridgehead atoms. The van der Waals surface area contributed by atoms with Crippen LogP contribution in [0, 0.1) is 11.3 Å². The largest absolute Gasteiger partial charge is 0.488 e. The van der Waals surface area contributed by atoms with Crippen molar-refractivity contribution in [3.63, 3.8) is 0 Å². The SMILES string of the molecule is C=C(Br)COc1ccc(C#N)cc1C(F)(F)F. The monoisotopic (exact) mass is 305 g/mol. The zero-order valence-corrected chi connectivity index (χ0v) is 10.1. The third-order valence-corrected chi connectivity index (χ3v) is 2.03. The van der Waals surface area contributed by atoms with E-state index in [1.54, 1.807) is 6.07 Å². The molecule has 1 aromatic rings. The lowest BCUT2D eigenvalue weighted by molar-refractivity contribution is -0.138. The van der Waals surface area contributed by atoms with E-state index < -0.39 is 11.7 Å². The van der Waals surface area contributed by atoms with Gasteiger partial charge in [0, 0.05) is 4.48 Å². The average Bonchev–Trinajstić information content (AvgIpc) is 2.24. The molecule has 0 unspecified atom stereocenters. The van der Waals surface area contributed by atoms with Gasteiger partial charge in [0.1, 0.15) is 12.4 Å². The summed E-state index contributed by atoms with van der Waals surface area (Å²) < 4.78 is 43.4. The zero-order valence-electron chi connectivity index (χ0n) is 8.51. The normalized spacial score (nSPS) is 10.8. The van der Waals surface area contributed by atoms with E-state index in [1.165, 1.54) is 6.07 Å². The lowest BCUT2D eigenvalue weighted by atomic mass is 10.1. The van der Waals surface area contributed by atoms with Gasteiger partial charge in [0.15, 0.2) is 0 Å². The highest BCUT2D eigenvalue weighted by molar-refractivity contribution is 9.11. The van der Waals surface area contributed by atoms with E-state index in [0.717, 1.165) is 12.1 Å². The predicted molar refractivity (Wildman–Crippen MR) is 59.7 cm³/mol. The maximum Gasteiger partial charge on any atom is 0.420 e. The van der Waals surface area contributed by atoms with E-state index in [9.17, 15) is 13.2 Å². The Hall–Kier alpha value is -1.48. The molecule has 0 amide bonds. The highest BCUT2D eigenvalue weighted by Gasteiger charge is 2.34. The second-order valence-corrected chi connectivity index (χ2v) is 4.25. The molecule has 0 aliphatic carbocycles. The first-order valence-corrected chi connectivity index (χ1v) is 5.21. The van der Waals surface area contributed by atoms with Crippen LogP contribution in [0.25, 0.3) is 0 Å². The molecular weight excluding hydrogens is 299 g/mol. The molecule has 6 heteroatoms. The summed E-state index contributed by atoms with van der Waals surface area (Å²) in [6.07, 6.45) is -4.56. The zero-order chi connectivity index (χ0) is 13.1. The summed E-state index contributed by atoms with van der Waals surface area (Å²) in [6, 6.07) is 4.79. The minimum Gasteiger partial charge on any atom is -0.488 e. The highest BCUT2D eigenvalue weighted by atomic mass is 79.9. The minimum absolute atomic E-state index is 0.0673. The first-order chi connectivity index (χ1) is 7.84. The minimum atomic E-state index is -4.56. The van der Waals surface area contributed by atoms with E-state index >= 15 is 0 Å². The Balaban J connectivity index is 3.12. The van der Waals surface area contributed by atoms with Crippen molar-refractivity contribution in [1.82, 2.24) is 0 Å². The number of halogens is 4. The lowest BCUT2D eigenvalue weighted by Crippen LogP contribution is -2.09. The van der Waals surface area contributed by atoms with Crippen molar-refractivity contribution < 1.29 is 17.9 Å². The van der Waals surface area contributed by atoms with Crippen LogP contribution in [0.3, 0.4) is 0 Å². The van der Waals surface area contributed by atoms with Gasteiger partial charge in [-0.15, -0.1) is 0 Å². The Labute approximate surface area is 104 Å².